The molecule has 0 spiro atoms. The number of piperidine rings is 1. The van der Waals surface area contributed by atoms with Gasteiger partial charge >= 0.3 is 6.09 Å². The molecule has 0 aliphatic carbocycles. The Kier molecular flexibility index (Phi) is 6.59. The molecular weight excluding hydrogens is 396 g/mol. The van der Waals surface area contributed by atoms with Crippen molar-refractivity contribution >= 4 is 17.8 Å². The Morgan fingerprint density at radius 3 is 2.42 bits per heavy atom. The Bertz CT molecular complexity index is 884. The molecule has 2 aromatic heterocycles. The van der Waals surface area contributed by atoms with E-state index in [9.17, 15) is 9.59 Å². The number of anilines is 1. The molecule has 2 saturated heterocycles. The Hall–Kier alpha value is -3.23. The predicted octanol–water partition coefficient (Wildman–Crippen LogP) is 2.06. The van der Waals surface area contributed by atoms with Gasteiger partial charge in [-0.1, -0.05) is 0 Å². The van der Waals surface area contributed by atoms with E-state index in [4.69, 9.17) is 4.74 Å². The quantitative estimate of drug-likeness (QED) is 0.742. The van der Waals surface area contributed by atoms with Crippen LogP contribution in [0, 0.1) is 5.92 Å². The fraction of sp³-hybridized carbons (Fsp3) is 0.500. The molecule has 164 valence electrons. The van der Waals surface area contributed by atoms with Gasteiger partial charge in [-0.05, 0) is 44.0 Å². The normalized spacial score (nSPS) is 19.3. The maximum atomic E-state index is 13.1. The Labute approximate surface area is 182 Å². The van der Waals surface area contributed by atoms with Gasteiger partial charge < -0.3 is 19.4 Å². The first-order valence-electron chi connectivity index (χ1n) is 10.8. The molecule has 4 rings (SSSR count). The van der Waals surface area contributed by atoms with Gasteiger partial charge in [0, 0.05) is 57.2 Å². The summed E-state index contributed by atoms with van der Waals surface area (Å²) >= 11 is 0. The highest BCUT2D eigenvalue weighted by Gasteiger charge is 2.32. The second-order valence-electron chi connectivity index (χ2n) is 7.81. The van der Waals surface area contributed by atoms with Crippen LogP contribution in [0.5, 0.6) is 0 Å². The number of carbonyl (C=O) groups is 2. The van der Waals surface area contributed by atoms with Gasteiger partial charge in [0.2, 0.25) is 5.91 Å². The van der Waals surface area contributed by atoms with Crippen LogP contribution in [-0.4, -0.2) is 82.9 Å². The number of hydrogen-bond donors (Lipinski definition) is 0. The third kappa shape index (κ3) is 4.92. The highest BCUT2D eigenvalue weighted by atomic mass is 16.6. The SMILES string of the molecule is CCOC(=O)N1CCN(C(=O)C2CCCN(c3ccc(-c4ccncc4)nn3)C2)CC1. The van der Waals surface area contributed by atoms with E-state index in [1.807, 2.05) is 29.2 Å². The molecule has 9 heteroatoms. The van der Waals surface area contributed by atoms with E-state index in [0.717, 1.165) is 36.5 Å². The van der Waals surface area contributed by atoms with Gasteiger partial charge in [-0.25, -0.2) is 4.79 Å². The number of piperazine rings is 1. The van der Waals surface area contributed by atoms with Gasteiger partial charge in [-0.2, -0.15) is 0 Å². The van der Waals surface area contributed by atoms with Gasteiger partial charge in [0.15, 0.2) is 5.82 Å². The summed E-state index contributed by atoms with van der Waals surface area (Å²) in [5.74, 6) is 0.890. The molecule has 2 amide bonds. The van der Waals surface area contributed by atoms with Crippen LogP contribution in [-0.2, 0) is 9.53 Å². The lowest BCUT2D eigenvalue weighted by molar-refractivity contribution is -0.137. The van der Waals surface area contributed by atoms with Gasteiger partial charge in [0.05, 0.1) is 18.2 Å². The van der Waals surface area contributed by atoms with Crippen LogP contribution in [0.4, 0.5) is 10.6 Å². The van der Waals surface area contributed by atoms with Crippen LogP contribution in [0.3, 0.4) is 0 Å². The Morgan fingerprint density at radius 2 is 1.74 bits per heavy atom. The summed E-state index contributed by atoms with van der Waals surface area (Å²) in [5.41, 5.74) is 1.78. The van der Waals surface area contributed by atoms with Crippen molar-refractivity contribution in [3.8, 4) is 11.3 Å². The highest BCUT2D eigenvalue weighted by Crippen LogP contribution is 2.25. The maximum Gasteiger partial charge on any atom is 0.409 e. The molecule has 0 bridgehead atoms. The molecule has 1 unspecified atom stereocenters. The summed E-state index contributed by atoms with van der Waals surface area (Å²) in [6.45, 7) is 5.80. The fourth-order valence-corrected chi connectivity index (χ4v) is 4.14. The first-order valence-corrected chi connectivity index (χ1v) is 10.8. The first-order chi connectivity index (χ1) is 15.2. The minimum atomic E-state index is -0.299. The minimum absolute atomic E-state index is 0.0652. The van der Waals surface area contributed by atoms with E-state index >= 15 is 0 Å². The summed E-state index contributed by atoms with van der Waals surface area (Å²) in [5, 5.41) is 8.76. The smallest absolute Gasteiger partial charge is 0.409 e. The summed E-state index contributed by atoms with van der Waals surface area (Å²) in [7, 11) is 0. The average Bonchev–Trinajstić information content (AvgIpc) is 2.84. The molecule has 1 atom stereocenters. The molecule has 31 heavy (non-hydrogen) atoms. The van der Waals surface area contributed by atoms with Crippen molar-refractivity contribution in [2.24, 2.45) is 5.92 Å². The molecular formula is C22H28N6O3. The lowest BCUT2D eigenvalue weighted by Gasteiger charge is -2.38. The van der Waals surface area contributed by atoms with E-state index in [1.54, 1.807) is 24.2 Å². The molecule has 2 fully saturated rings. The largest absolute Gasteiger partial charge is 0.450 e. The van der Waals surface area contributed by atoms with Crippen molar-refractivity contribution < 1.29 is 14.3 Å². The zero-order chi connectivity index (χ0) is 21.6. The van der Waals surface area contributed by atoms with Crippen LogP contribution < -0.4 is 4.90 Å². The van der Waals surface area contributed by atoms with Crippen molar-refractivity contribution in [2.45, 2.75) is 19.8 Å². The van der Waals surface area contributed by atoms with Crippen LogP contribution in [0.25, 0.3) is 11.3 Å². The zero-order valence-corrected chi connectivity index (χ0v) is 17.8. The predicted molar refractivity (Wildman–Crippen MR) is 115 cm³/mol. The van der Waals surface area contributed by atoms with Gasteiger partial charge in [-0.3, -0.25) is 9.78 Å². The molecule has 4 heterocycles. The first kappa shape index (κ1) is 21.0. The van der Waals surface area contributed by atoms with Crippen LogP contribution in [0.1, 0.15) is 19.8 Å². The van der Waals surface area contributed by atoms with E-state index in [2.05, 4.69) is 20.1 Å². The second kappa shape index (κ2) is 9.72. The lowest BCUT2D eigenvalue weighted by atomic mass is 9.96. The van der Waals surface area contributed by atoms with E-state index in [1.165, 1.54) is 0 Å². The van der Waals surface area contributed by atoms with Gasteiger partial charge in [-0.15, -0.1) is 10.2 Å². The fourth-order valence-electron chi connectivity index (χ4n) is 4.14. The van der Waals surface area contributed by atoms with Crippen molar-refractivity contribution in [3.05, 3.63) is 36.7 Å². The van der Waals surface area contributed by atoms with Crippen molar-refractivity contribution in [1.82, 2.24) is 25.0 Å². The molecule has 0 aromatic carbocycles. The second-order valence-corrected chi connectivity index (χ2v) is 7.81. The average molecular weight is 425 g/mol. The molecule has 9 nitrogen and oxygen atoms in total. The number of ether oxygens (including phenoxy) is 1. The summed E-state index contributed by atoms with van der Waals surface area (Å²) in [6.07, 6.45) is 4.98. The molecule has 2 aliphatic rings. The van der Waals surface area contributed by atoms with Crippen LogP contribution in [0.2, 0.25) is 0 Å². The van der Waals surface area contributed by atoms with Crippen LogP contribution in [0.15, 0.2) is 36.7 Å². The summed E-state index contributed by atoms with van der Waals surface area (Å²) < 4.78 is 5.05. The zero-order valence-electron chi connectivity index (χ0n) is 17.8. The molecule has 2 aliphatic heterocycles. The number of pyridine rings is 1. The third-order valence-electron chi connectivity index (χ3n) is 5.84. The number of hydrogen-bond acceptors (Lipinski definition) is 7. The standard InChI is InChI=1S/C22H28N6O3/c1-2-31-22(30)27-14-12-26(13-15-27)21(29)18-4-3-11-28(16-18)20-6-5-19(24-25-20)17-7-9-23-10-8-17/h5-10,18H,2-4,11-16H2,1H3. The van der Waals surface area contributed by atoms with Gasteiger partial charge in [0.1, 0.15) is 0 Å². The number of amides is 2. The monoisotopic (exact) mass is 424 g/mol. The minimum Gasteiger partial charge on any atom is -0.450 e. The number of carbonyl (C=O) groups excluding carboxylic acids is 2. The van der Waals surface area contributed by atoms with E-state index in [-0.39, 0.29) is 17.9 Å². The summed E-state index contributed by atoms with van der Waals surface area (Å²) in [6, 6.07) is 7.73. The van der Waals surface area contributed by atoms with Crippen molar-refractivity contribution in [2.75, 3.05) is 50.8 Å². The van der Waals surface area contributed by atoms with Crippen molar-refractivity contribution in [1.29, 1.82) is 0 Å². The molecule has 2 aromatic rings. The lowest BCUT2D eigenvalue weighted by Crippen LogP contribution is -2.53. The highest BCUT2D eigenvalue weighted by molar-refractivity contribution is 5.80. The third-order valence-corrected chi connectivity index (χ3v) is 5.84. The molecule has 0 N–H and O–H groups in total. The van der Waals surface area contributed by atoms with Crippen LogP contribution >= 0.6 is 0 Å². The van der Waals surface area contributed by atoms with E-state index < -0.39 is 0 Å². The van der Waals surface area contributed by atoms with E-state index in [0.29, 0.717) is 39.3 Å². The number of aromatic nitrogens is 3. The van der Waals surface area contributed by atoms with Crippen molar-refractivity contribution in [3.63, 3.8) is 0 Å². The summed E-state index contributed by atoms with van der Waals surface area (Å²) in [4.78, 5) is 34.7. The maximum absolute atomic E-state index is 13.1. The Morgan fingerprint density at radius 1 is 1.00 bits per heavy atom. The Balaban J connectivity index is 1.34. The molecule has 0 radical (unpaired) electrons. The number of rotatable bonds is 4. The topological polar surface area (TPSA) is 91.8 Å². The number of nitrogens with zero attached hydrogens (tertiary/aromatic N) is 6. The molecule has 0 saturated carbocycles. The van der Waals surface area contributed by atoms with Gasteiger partial charge in [0.25, 0.3) is 0 Å².